The van der Waals surface area contributed by atoms with Crippen LogP contribution >= 0.6 is 0 Å². The number of benzene rings is 1. The van der Waals surface area contributed by atoms with Crippen molar-refractivity contribution in [2.45, 2.75) is 33.3 Å². The average Bonchev–Trinajstić information content (AvgIpc) is 2.37. The molecular weight excluding hydrogens is 230 g/mol. The first-order valence-electron chi connectivity index (χ1n) is 6.17. The number of hydrogen-bond donors (Lipinski definition) is 2. The van der Waals surface area contributed by atoms with Crippen LogP contribution in [0.25, 0.3) is 0 Å². The number of aryl methyl sites for hydroxylation is 2. The molecule has 0 fully saturated rings. The number of ether oxygens (including phenoxy) is 1. The Morgan fingerprint density at radius 3 is 2.72 bits per heavy atom. The number of nitrogens with one attached hydrogen (secondary N) is 1. The summed E-state index contributed by atoms with van der Waals surface area (Å²) >= 11 is 0. The van der Waals surface area contributed by atoms with E-state index in [-0.39, 0.29) is 19.1 Å². The van der Waals surface area contributed by atoms with Gasteiger partial charge in [0.2, 0.25) is 0 Å². The van der Waals surface area contributed by atoms with Gasteiger partial charge in [0, 0.05) is 6.54 Å². The molecule has 1 unspecified atom stereocenters. The Labute approximate surface area is 108 Å². The lowest BCUT2D eigenvalue weighted by molar-refractivity contribution is -0.123. The van der Waals surface area contributed by atoms with Crippen LogP contribution in [0.2, 0.25) is 0 Å². The average molecular weight is 251 g/mol. The van der Waals surface area contributed by atoms with E-state index >= 15 is 0 Å². The Morgan fingerprint density at radius 2 is 2.11 bits per heavy atom. The van der Waals surface area contributed by atoms with Gasteiger partial charge in [0.05, 0.1) is 6.10 Å². The van der Waals surface area contributed by atoms with E-state index in [1.807, 2.05) is 39.0 Å². The highest BCUT2D eigenvalue weighted by molar-refractivity contribution is 5.77. The second kappa shape index (κ2) is 7.01. The Bertz CT molecular complexity index is 404. The number of aliphatic hydroxyl groups is 1. The molecule has 0 saturated heterocycles. The zero-order chi connectivity index (χ0) is 13.5. The van der Waals surface area contributed by atoms with Gasteiger partial charge in [0.1, 0.15) is 5.75 Å². The van der Waals surface area contributed by atoms with E-state index in [0.29, 0.717) is 12.2 Å². The summed E-state index contributed by atoms with van der Waals surface area (Å²) in [4.78, 5) is 11.4. The van der Waals surface area contributed by atoms with Crippen molar-refractivity contribution in [3.63, 3.8) is 0 Å². The third-order valence-electron chi connectivity index (χ3n) is 2.85. The van der Waals surface area contributed by atoms with E-state index in [1.165, 1.54) is 5.56 Å². The summed E-state index contributed by atoms with van der Waals surface area (Å²) in [5.74, 6) is 0.463. The van der Waals surface area contributed by atoms with Crippen LogP contribution in [0.15, 0.2) is 18.2 Å². The smallest absolute Gasteiger partial charge is 0.258 e. The van der Waals surface area contributed by atoms with Crippen molar-refractivity contribution in [2.24, 2.45) is 0 Å². The Morgan fingerprint density at radius 1 is 1.39 bits per heavy atom. The predicted molar refractivity (Wildman–Crippen MR) is 70.7 cm³/mol. The molecule has 0 saturated carbocycles. The molecule has 2 N–H and O–H groups in total. The van der Waals surface area contributed by atoms with Gasteiger partial charge >= 0.3 is 0 Å². The molecule has 0 aliphatic carbocycles. The highest BCUT2D eigenvalue weighted by Crippen LogP contribution is 2.16. The number of rotatable bonds is 6. The molecule has 1 aromatic rings. The third-order valence-corrected chi connectivity index (χ3v) is 2.85. The summed E-state index contributed by atoms with van der Waals surface area (Å²) in [6.45, 7) is 6.13. The first-order chi connectivity index (χ1) is 8.52. The lowest BCUT2D eigenvalue weighted by atomic mass is 10.1. The van der Waals surface area contributed by atoms with E-state index in [9.17, 15) is 9.90 Å². The van der Waals surface area contributed by atoms with Crippen LogP contribution in [-0.2, 0) is 4.79 Å². The lowest BCUT2D eigenvalue weighted by Crippen LogP contribution is -2.35. The largest absolute Gasteiger partial charge is 0.484 e. The van der Waals surface area contributed by atoms with E-state index in [0.717, 1.165) is 5.56 Å². The fourth-order valence-electron chi connectivity index (χ4n) is 1.38. The van der Waals surface area contributed by atoms with Crippen LogP contribution < -0.4 is 10.1 Å². The van der Waals surface area contributed by atoms with Gasteiger partial charge in [-0.05, 0) is 43.5 Å². The minimum atomic E-state index is -0.490. The van der Waals surface area contributed by atoms with Gasteiger partial charge in [-0.1, -0.05) is 13.0 Å². The van der Waals surface area contributed by atoms with Crippen molar-refractivity contribution >= 4 is 5.91 Å². The Kier molecular flexibility index (Phi) is 5.65. The number of hydrogen-bond acceptors (Lipinski definition) is 3. The van der Waals surface area contributed by atoms with Gasteiger partial charge in [-0.25, -0.2) is 0 Å². The maximum absolute atomic E-state index is 11.4. The molecule has 4 heteroatoms. The van der Waals surface area contributed by atoms with E-state index in [4.69, 9.17) is 4.74 Å². The first-order valence-corrected chi connectivity index (χ1v) is 6.17. The van der Waals surface area contributed by atoms with Crippen LogP contribution in [0.3, 0.4) is 0 Å². The second-order valence-corrected chi connectivity index (χ2v) is 4.40. The summed E-state index contributed by atoms with van der Waals surface area (Å²) < 4.78 is 5.38. The molecule has 0 radical (unpaired) electrons. The molecule has 4 nitrogen and oxygen atoms in total. The van der Waals surface area contributed by atoms with E-state index in [1.54, 1.807) is 0 Å². The number of carbonyl (C=O) groups excluding carboxylic acids is 1. The van der Waals surface area contributed by atoms with Crippen molar-refractivity contribution < 1.29 is 14.6 Å². The van der Waals surface area contributed by atoms with Gasteiger partial charge in [-0.15, -0.1) is 0 Å². The zero-order valence-corrected chi connectivity index (χ0v) is 11.2. The molecule has 0 aliphatic rings. The molecule has 100 valence electrons. The molecule has 0 heterocycles. The van der Waals surface area contributed by atoms with Crippen molar-refractivity contribution in [1.29, 1.82) is 0 Å². The summed E-state index contributed by atoms with van der Waals surface area (Å²) in [7, 11) is 0. The summed E-state index contributed by atoms with van der Waals surface area (Å²) in [5, 5.41) is 11.9. The van der Waals surface area contributed by atoms with Crippen molar-refractivity contribution in [1.82, 2.24) is 5.32 Å². The predicted octanol–water partition coefficient (Wildman–Crippen LogP) is 1.57. The normalized spacial score (nSPS) is 12.0. The van der Waals surface area contributed by atoms with Gasteiger partial charge in [-0.3, -0.25) is 4.79 Å². The first kappa shape index (κ1) is 14.5. The van der Waals surface area contributed by atoms with E-state index in [2.05, 4.69) is 5.32 Å². The molecular formula is C14H21NO3. The number of amides is 1. The fraction of sp³-hybridized carbons (Fsp3) is 0.500. The maximum atomic E-state index is 11.4. The SMILES string of the molecule is CCC(O)CNC(=O)COc1ccc(C)c(C)c1. The summed E-state index contributed by atoms with van der Waals surface area (Å²) in [6, 6.07) is 5.71. The van der Waals surface area contributed by atoms with Crippen LogP contribution in [0.1, 0.15) is 24.5 Å². The van der Waals surface area contributed by atoms with Gasteiger partial charge < -0.3 is 15.2 Å². The monoisotopic (exact) mass is 251 g/mol. The molecule has 0 spiro atoms. The van der Waals surface area contributed by atoms with Gasteiger partial charge in [0.15, 0.2) is 6.61 Å². The topological polar surface area (TPSA) is 58.6 Å². The van der Waals surface area contributed by atoms with Crippen molar-refractivity contribution in [3.05, 3.63) is 29.3 Å². The molecule has 1 aromatic carbocycles. The molecule has 1 atom stereocenters. The highest BCUT2D eigenvalue weighted by Gasteiger charge is 2.06. The molecule has 0 aromatic heterocycles. The number of carbonyl (C=O) groups is 1. The molecule has 0 bridgehead atoms. The maximum Gasteiger partial charge on any atom is 0.258 e. The molecule has 1 amide bonds. The quantitative estimate of drug-likeness (QED) is 0.807. The Balaban J connectivity index is 2.36. The summed E-state index contributed by atoms with van der Waals surface area (Å²) in [5.41, 5.74) is 2.33. The van der Waals surface area contributed by atoms with Gasteiger partial charge in [0.25, 0.3) is 5.91 Å². The van der Waals surface area contributed by atoms with E-state index < -0.39 is 6.10 Å². The number of aliphatic hydroxyl groups excluding tert-OH is 1. The van der Waals surface area contributed by atoms with Gasteiger partial charge in [-0.2, -0.15) is 0 Å². The minimum Gasteiger partial charge on any atom is -0.484 e. The standard InChI is InChI=1S/C14H21NO3/c1-4-12(16)8-15-14(17)9-18-13-6-5-10(2)11(3)7-13/h5-7,12,16H,4,8-9H2,1-3H3,(H,15,17). The Hall–Kier alpha value is -1.55. The second-order valence-electron chi connectivity index (χ2n) is 4.40. The van der Waals surface area contributed by atoms with Crippen molar-refractivity contribution in [2.75, 3.05) is 13.2 Å². The molecule has 18 heavy (non-hydrogen) atoms. The third kappa shape index (κ3) is 4.75. The van der Waals surface area contributed by atoms with Crippen LogP contribution in [0.4, 0.5) is 0 Å². The lowest BCUT2D eigenvalue weighted by Gasteiger charge is -2.11. The van der Waals surface area contributed by atoms with Crippen molar-refractivity contribution in [3.8, 4) is 5.75 Å². The minimum absolute atomic E-state index is 0.0288. The molecule has 0 aliphatic heterocycles. The molecule has 1 rings (SSSR count). The zero-order valence-electron chi connectivity index (χ0n) is 11.2. The fourth-order valence-corrected chi connectivity index (χ4v) is 1.38. The van der Waals surface area contributed by atoms with Crippen LogP contribution in [0.5, 0.6) is 5.75 Å². The summed E-state index contributed by atoms with van der Waals surface area (Å²) in [6.07, 6.45) is 0.133. The van der Waals surface area contributed by atoms with Crippen LogP contribution in [0, 0.1) is 13.8 Å². The highest BCUT2D eigenvalue weighted by atomic mass is 16.5. The van der Waals surface area contributed by atoms with Crippen LogP contribution in [-0.4, -0.2) is 30.3 Å².